The molecule has 160 valence electrons. The summed E-state index contributed by atoms with van der Waals surface area (Å²) in [6, 6.07) is 23.4. The van der Waals surface area contributed by atoms with Crippen LogP contribution in [0.5, 0.6) is 0 Å². The topological polar surface area (TPSA) is 65.3 Å². The second-order valence-corrected chi connectivity index (χ2v) is 8.90. The molecule has 0 N–H and O–H groups in total. The van der Waals surface area contributed by atoms with Gasteiger partial charge < -0.3 is 0 Å². The summed E-state index contributed by atoms with van der Waals surface area (Å²) in [5.74, 6) is -1.82. The van der Waals surface area contributed by atoms with E-state index < -0.39 is 17.8 Å². The van der Waals surface area contributed by atoms with E-state index in [9.17, 15) is 9.59 Å². The van der Waals surface area contributed by atoms with Gasteiger partial charge in [-0.25, -0.2) is 10.0 Å². The van der Waals surface area contributed by atoms with Crippen LogP contribution in [-0.2, 0) is 9.59 Å². The number of benzene rings is 2. The van der Waals surface area contributed by atoms with Crippen LogP contribution in [0, 0.1) is 11.8 Å². The molecule has 2 amide bonds. The summed E-state index contributed by atoms with van der Waals surface area (Å²) >= 11 is 1.55. The molecule has 0 fully saturated rings. The summed E-state index contributed by atoms with van der Waals surface area (Å²) in [7, 11) is 3.34. The molecule has 0 bridgehead atoms. The number of nitrogens with zero attached hydrogens (tertiary/aromatic N) is 4. The van der Waals surface area contributed by atoms with Crippen molar-refractivity contribution >= 4 is 34.6 Å². The van der Waals surface area contributed by atoms with Gasteiger partial charge in [0.1, 0.15) is 0 Å². The van der Waals surface area contributed by atoms with Crippen LogP contribution in [-0.4, -0.2) is 47.4 Å². The molecule has 0 aliphatic carbocycles. The first-order valence-electron chi connectivity index (χ1n) is 10.4. The number of carbonyl (C=O) groups is 2. The molecule has 3 heterocycles. The smallest absolute Gasteiger partial charge is 0.252 e. The number of carbonyl (C=O) groups excluding carboxylic acids is 2. The van der Waals surface area contributed by atoms with Crippen LogP contribution in [0.25, 0.3) is 0 Å². The fraction of sp³-hybridized carbons (Fsp3) is 0.200. The summed E-state index contributed by atoms with van der Waals surface area (Å²) in [6.45, 7) is 0. The molecule has 2 atom stereocenters. The summed E-state index contributed by atoms with van der Waals surface area (Å²) in [6.07, 6.45) is 0. The highest BCUT2D eigenvalue weighted by atomic mass is 32.1. The van der Waals surface area contributed by atoms with Gasteiger partial charge in [-0.15, -0.1) is 11.3 Å². The van der Waals surface area contributed by atoms with Crippen molar-refractivity contribution in [3.8, 4) is 0 Å². The lowest BCUT2D eigenvalue weighted by atomic mass is 9.73. The van der Waals surface area contributed by atoms with Gasteiger partial charge in [0, 0.05) is 24.9 Å². The molecule has 6 nitrogen and oxygen atoms in total. The van der Waals surface area contributed by atoms with E-state index in [0.29, 0.717) is 11.4 Å². The van der Waals surface area contributed by atoms with Crippen molar-refractivity contribution in [2.45, 2.75) is 5.92 Å². The van der Waals surface area contributed by atoms with E-state index in [1.54, 1.807) is 25.4 Å². The van der Waals surface area contributed by atoms with Gasteiger partial charge >= 0.3 is 0 Å². The van der Waals surface area contributed by atoms with Gasteiger partial charge in [-0.05, 0) is 22.6 Å². The van der Waals surface area contributed by atoms with Crippen LogP contribution in [0.1, 0.15) is 21.9 Å². The van der Waals surface area contributed by atoms with Crippen molar-refractivity contribution in [3.05, 3.63) is 94.2 Å². The lowest BCUT2D eigenvalue weighted by molar-refractivity contribution is -0.133. The number of hydrogen-bond donors (Lipinski definition) is 0. The Bertz CT molecular complexity index is 1130. The molecule has 2 aromatic carbocycles. The Morgan fingerprint density at radius 1 is 0.719 bits per heavy atom. The fourth-order valence-electron chi connectivity index (χ4n) is 4.52. The normalized spacial score (nSPS) is 20.8. The van der Waals surface area contributed by atoms with Gasteiger partial charge in [0.05, 0.1) is 23.3 Å². The van der Waals surface area contributed by atoms with Gasteiger partial charge in [-0.3, -0.25) is 9.59 Å². The Balaban J connectivity index is 1.67. The Labute approximate surface area is 190 Å². The van der Waals surface area contributed by atoms with E-state index in [2.05, 4.69) is 10.2 Å². The zero-order valence-electron chi connectivity index (χ0n) is 17.8. The molecule has 5 rings (SSSR count). The van der Waals surface area contributed by atoms with Crippen molar-refractivity contribution in [2.24, 2.45) is 22.0 Å². The molecule has 0 saturated heterocycles. The van der Waals surface area contributed by atoms with Gasteiger partial charge in [0.2, 0.25) is 0 Å². The number of amides is 2. The molecule has 2 aliphatic rings. The van der Waals surface area contributed by atoms with E-state index in [4.69, 9.17) is 0 Å². The Hall–Kier alpha value is -3.58. The van der Waals surface area contributed by atoms with Crippen LogP contribution in [0.3, 0.4) is 0 Å². The predicted octanol–water partition coefficient (Wildman–Crippen LogP) is 3.82. The molecule has 2 aliphatic heterocycles. The van der Waals surface area contributed by atoms with Gasteiger partial charge in [-0.2, -0.15) is 10.2 Å². The quantitative estimate of drug-likeness (QED) is 0.603. The summed E-state index contributed by atoms with van der Waals surface area (Å²) in [5, 5.41) is 14.0. The minimum absolute atomic E-state index is 0.114. The third kappa shape index (κ3) is 3.35. The van der Waals surface area contributed by atoms with E-state index in [0.717, 1.165) is 16.0 Å². The van der Waals surface area contributed by atoms with Crippen molar-refractivity contribution < 1.29 is 9.59 Å². The van der Waals surface area contributed by atoms with E-state index >= 15 is 0 Å². The number of hydrogen-bond acceptors (Lipinski definition) is 5. The zero-order valence-corrected chi connectivity index (χ0v) is 18.6. The predicted molar refractivity (Wildman–Crippen MR) is 126 cm³/mol. The SMILES string of the molecule is CN1N=C(c2ccccc2)[C@@H](C(c2cccs2)[C@H]2C(=O)N(C)N=C2c2ccccc2)C1=O. The molecule has 32 heavy (non-hydrogen) atoms. The van der Waals surface area contributed by atoms with Crippen molar-refractivity contribution in [1.29, 1.82) is 0 Å². The lowest BCUT2D eigenvalue weighted by Gasteiger charge is -2.28. The minimum Gasteiger partial charge on any atom is -0.272 e. The molecule has 0 saturated carbocycles. The highest BCUT2D eigenvalue weighted by Gasteiger charge is 2.51. The average Bonchev–Trinajstić information content (AvgIpc) is 3.53. The van der Waals surface area contributed by atoms with Gasteiger partial charge in [0.15, 0.2) is 0 Å². The Morgan fingerprint density at radius 3 is 1.59 bits per heavy atom. The molecule has 1 aromatic heterocycles. The first-order chi connectivity index (χ1) is 15.6. The van der Waals surface area contributed by atoms with Crippen LogP contribution in [0.4, 0.5) is 0 Å². The first kappa shape index (κ1) is 20.3. The lowest BCUT2D eigenvalue weighted by Crippen LogP contribution is -2.40. The monoisotopic (exact) mass is 442 g/mol. The Morgan fingerprint density at radius 2 is 1.19 bits per heavy atom. The first-order valence-corrected chi connectivity index (χ1v) is 11.3. The Kier molecular flexibility index (Phi) is 5.19. The van der Waals surface area contributed by atoms with E-state index in [-0.39, 0.29) is 11.8 Å². The van der Waals surface area contributed by atoms with Crippen LogP contribution in [0.2, 0.25) is 0 Å². The number of rotatable bonds is 5. The van der Waals surface area contributed by atoms with Gasteiger partial charge in [0.25, 0.3) is 11.8 Å². The molecule has 7 heteroatoms. The standard InChI is InChI=1S/C25H22N4O2S/c1-28-24(30)20(22(26-28)16-10-5-3-6-11-16)19(18-14-9-15-32-18)21-23(27-29(2)25(21)31)17-12-7-4-8-13-17/h3-15,19-21H,1-2H3/t20-,21-/m1/s1. The summed E-state index contributed by atoms with van der Waals surface area (Å²) < 4.78 is 0. The van der Waals surface area contributed by atoms with Crippen LogP contribution < -0.4 is 0 Å². The summed E-state index contributed by atoms with van der Waals surface area (Å²) in [5.41, 5.74) is 3.14. The molecule has 0 spiro atoms. The molecular formula is C25H22N4O2S. The average molecular weight is 443 g/mol. The maximum absolute atomic E-state index is 13.5. The maximum atomic E-state index is 13.5. The van der Waals surface area contributed by atoms with Crippen LogP contribution in [0.15, 0.2) is 88.4 Å². The van der Waals surface area contributed by atoms with Crippen molar-refractivity contribution in [2.75, 3.05) is 14.1 Å². The van der Waals surface area contributed by atoms with E-state index in [1.165, 1.54) is 10.0 Å². The fourth-order valence-corrected chi connectivity index (χ4v) is 5.43. The largest absolute Gasteiger partial charge is 0.272 e. The molecule has 0 unspecified atom stereocenters. The number of thiophene rings is 1. The van der Waals surface area contributed by atoms with Crippen LogP contribution >= 0.6 is 11.3 Å². The molecular weight excluding hydrogens is 420 g/mol. The molecule has 0 radical (unpaired) electrons. The van der Waals surface area contributed by atoms with Crippen molar-refractivity contribution in [1.82, 2.24) is 10.0 Å². The van der Waals surface area contributed by atoms with Crippen molar-refractivity contribution in [3.63, 3.8) is 0 Å². The summed E-state index contributed by atoms with van der Waals surface area (Å²) in [4.78, 5) is 27.9. The highest BCUT2D eigenvalue weighted by Crippen LogP contribution is 2.44. The second kappa shape index (κ2) is 8.16. The molecule has 3 aromatic rings. The van der Waals surface area contributed by atoms with E-state index in [1.807, 2.05) is 78.2 Å². The third-order valence-corrected chi connectivity index (χ3v) is 6.98. The minimum atomic E-state index is -0.588. The second-order valence-electron chi connectivity index (χ2n) is 7.92. The van der Waals surface area contributed by atoms with Gasteiger partial charge in [-0.1, -0.05) is 66.7 Å². The maximum Gasteiger partial charge on any atom is 0.252 e. The third-order valence-electron chi connectivity index (χ3n) is 6.00. The highest BCUT2D eigenvalue weighted by molar-refractivity contribution is 7.10. The number of hydrazone groups is 2. The zero-order chi connectivity index (χ0) is 22.2.